The molecule has 0 aromatic heterocycles. The van der Waals surface area contributed by atoms with Crippen LogP contribution in [-0.2, 0) is 32.2 Å². The van der Waals surface area contributed by atoms with Crippen molar-refractivity contribution >= 4 is 58.2 Å². The first-order valence-corrected chi connectivity index (χ1v) is 14.8. The average Bonchev–Trinajstić information content (AvgIpc) is 2.60. The summed E-state index contributed by atoms with van der Waals surface area (Å²) in [6.07, 6.45) is 0.0745. The first kappa shape index (κ1) is 28.9. The van der Waals surface area contributed by atoms with Crippen LogP contribution in [-0.4, -0.2) is 77.1 Å². The summed E-state index contributed by atoms with van der Waals surface area (Å²) in [4.78, 5) is 11.8. The molecule has 0 aliphatic heterocycles. The van der Waals surface area contributed by atoms with Crippen molar-refractivity contribution in [2.24, 2.45) is 0 Å². The molecule has 12 heteroatoms. The second kappa shape index (κ2) is 16.6. The van der Waals surface area contributed by atoms with Crippen LogP contribution in [0.5, 0.6) is 0 Å². The van der Waals surface area contributed by atoms with Gasteiger partial charge in [0.15, 0.2) is 0 Å². The molecule has 3 unspecified atom stereocenters. The zero-order valence-corrected chi connectivity index (χ0v) is 22.1. The van der Waals surface area contributed by atoms with Gasteiger partial charge in [-0.15, -0.1) is 0 Å². The van der Waals surface area contributed by atoms with Crippen LogP contribution in [0.25, 0.3) is 0 Å². The third-order valence-electron chi connectivity index (χ3n) is 2.90. The fourth-order valence-corrected chi connectivity index (χ4v) is 9.08. The van der Waals surface area contributed by atoms with Gasteiger partial charge >= 0.3 is 188 Å². The quantitative estimate of drug-likeness (QED) is 0.110. The van der Waals surface area contributed by atoms with E-state index in [0.717, 1.165) is 0 Å². The summed E-state index contributed by atoms with van der Waals surface area (Å²) in [7, 11) is -3.66. The summed E-state index contributed by atoms with van der Waals surface area (Å²) in [5.41, 5.74) is 0. The molecule has 0 spiro atoms. The van der Waals surface area contributed by atoms with Gasteiger partial charge in [-0.1, -0.05) is 0 Å². The van der Waals surface area contributed by atoms with E-state index in [1.54, 1.807) is 34.6 Å². The fraction of sp³-hybridized carbons (Fsp3) is 0.938. The number of carbonyl (C=O) groups excluding carboxylic acids is 1. The summed E-state index contributed by atoms with van der Waals surface area (Å²) in [6, 6.07) is 0. The molecule has 0 aliphatic carbocycles. The van der Waals surface area contributed by atoms with Crippen LogP contribution in [0.15, 0.2) is 0 Å². The van der Waals surface area contributed by atoms with E-state index in [4.69, 9.17) is 46.0 Å². The summed E-state index contributed by atoms with van der Waals surface area (Å²) < 4.78 is 46.3. The van der Waals surface area contributed by atoms with E-state index >= 15 is 0 Å². The van der Waals surface area contributed by atoms with Gasteiger partial charge in [-0.2, -0.15) is 0 Å². The normalized spacial score (nSPS) is 15.4. The zero-order chi connectivity index (χ0) is 21.6. The van der Waals surface area contributed by atoms with Crippen molar-refractivity contribution in [3.05, 3.63) is 0 Å². The Kier molecular flexibility index (Phi) is 17.1. The Morgan fingerprint density at radius 3 is 1.86 bits per heavy atom. The SMILES string of the molecule is CCOC(=O)CCC([O][Sb]([O]CC(C)Cl)[O]CC(C)Cl)P(=O)(OCC)OCC. The molecule has 8 nitrogen and oxygen atoms in total. The molecule has 0 amide bonds. The number of ether oxygens (including phenoxy) is 1. The first-order chi connectivity index (χ1) is 13.2. The molecule has 0 aromatic rings. The van der Waals surface area contributed by atoms with Gasteiger partial charge in [0.2, 0.25) is 0 Å². The number of hydrogen-bond acceptors (Lipinski definition) is 8. The monoisotopic (exact) mass is 574 g/mol. The van der Waals surface area contributed by atoms with Gasteiger partial charge in [-0.05, 0) is 0 Å². The summed E-state index contributed by atoms with van der Waals surface area (Å²) in [5.74, 6) is -1.44. The first-order valence-electron chi connectivity index (χ1n) is 9.23. The Hall–Kier alpha value is 0.898. The van der Waals surface area contributed by atoms with Crippen molar-refractivity contribution in [1.29, 1.82) is 0 Å². The van der Waals surface area contributed by atoms with E-state index in [1.807, 2.05) is 0 Å². The number of hydrogen-bond donors (Lipinski definition) is 0. The number of alkyl halides is 2. The Balaban J connectivity index is 5.36. The van der Waals surface area contributed by atoms with Crippen LogP contribution < -0.4 is 0 Å². The number of halogens is 2. The molecule has 0 rings (SSSR count). The van der Waals surface area contributed by atoms with Crippen molar-refractivity contribution < 1.29 is 32.2 Å². The van der Waals surface area contributed by atoms with E-state index in [9.17, 15) is 9.36 Å². The molecule has 0 aromatic carbocycles. The van der Waals surface area contributed by atoms with E-state index < -0.39 is 40.9 Å². The van der Waals surface area contributed by atoms with Crippen molar-refractivity contribution in [1.82, 2.24) is 0 Å². The van der Waals surface area contributed by atoms with Crippen LogP contribution in [0, 0.1) is 0 Å². The van der Waals surface area contributed by atoms with Gasteiger partial charge in [0.1, 0.15) is 0 Å². The second-order valence-corrected chi connectivity index (χ2v) is 12.7. The molecule has 0 fully saturated rings. The average molecular weight is 576 g/mol. The molecule has 28 heavy (non-hydrogen) atoms. The summed E-state index contributed by atoms with van der Waals surface area (Å²) >= 11 is 8.61. The van der Waals surface area contributed by atoms with Gasteiger partial charge in [0.25, 0.3) is 0 Å². The Morgan fingerprint density at radius 1 is 0.964 bits per heavy atom. The second-order valence-electron chi connectivity index (χ2n) is 5.66. The molecule has 0 radical (unpaired) electrons. The van der Waals surface area contributed by atoms with Crippen LogP contribution in [0.3, 0.4) is 0 Å². The van der Waals surface area contributed by atoms with Crippen LogP contribution >= 0.6 is 30.8 Å². The molecular weight excluding hydrogens is 544 g/mol. The fourth-order valence-electron chi connectivity index (χ4n) is 1.83. The minimum atomic E-state index is -3.66. The van der Waals surface area contributed by atoms with Crippen molar-refractivity contribution in [2.45, 2.75) is 64.1 Å². The molecule has 0 saturated heterocycles. The van der Waals surface area contributed by atoms with Crippen LogP contribution in [0.2, 0.25) is 0 Å². The van der Waals surface area contributed by atoms with Gasteiger partial charge < -0.3 is 0 Å². The molecule has 0 saturated carbocycles. The molecule has 0 aliphatic rings. The van der Waals surface area contributed by atoms with E-state index in [2.05, 4.69) is 0 Å². The zero-order valence-electron chi connectivity index (χ0n) is 17.1. The molecular formula is C16H32Cl2O8PSb. The molecule has 3 atom stereocenters. The molecule has 0 N–H and O–H groups in total. The maximum atomic E-state index is 13.2. The van der Waals surface area contributed by atoms with Gasteiger partial charge in [0.05, 0.1) is 0 Å². The maximum absolute atomic E-state index is 13.2. The molecule has 168 valence electrons. The Bertz CT molecular complexity index is 448. The molecule has 0 heterocycles. The van der Waals surface area contributed by atoms with Gasteiger partial charge in [-0.3, -0.25) is 0 Å². The minimum absolute atomic E-state index is 0.00521. The summed E-state index contributed by atoms with van der Waals surface area (Å²) in [6.45, 7) is 9.64. The third-order valence-corrected chi connectivity index (χ3v) is 9.22. The van der Waals surface area contributed by atoms with E-state index in [0.29, 0.717) is 0 Å². The van der Waals surface area contributed by atoms with Crippen molar-refractivity contribution in [3.63, 3.8) is 0 Å². The van der Waals surface area contributed by atoms with Crippen LogP contribution in [0.4, 0.5) is 0 Å². The van der Waals surface area contributed by atoms with Crippen LogP contribution in [0.1, 0.15) is 47.5 Å². The number of carbonyl (C=O) groups is 1. The van der Waals surface area contributed by atoms with Gasteiger partial charge in [-0.25, -0.2) is 0 Å². The van der Waals surface area contributed by atoms with Crippen molar-refractivity contribution in [2.75, 3.05) is 33.0 Å². The number of rotatable bonds is 17. The van der Waals surface area contributed by atoms with E-state index in [-0.39, 0.29) is 56.6 Å². The Labute approximate surface area is 187 Å². The third kappa shape index (κ3) is 13.3. The van der Waals surface area contributed by atoms with Crippen molar-refractivity contribution in [3.8, 4) is 0 Å². The van der Waals surface area contributed by atoms with Gasteiger partial charge in [0, 0.05) is 0 Å². The standard InChI is InChI=1S/C10H20O6P.2C3H6ClO.Sb/c1-4-14-9(11)7-8-10(12)17(13,15-5-2)16-6-3;2*1-3(4)2-5;/h10H,4-8H2,1-3H3;2*3H,2H2,1H3;/q3*-1;+3. The molecule has 0 bridgehead atoms. The van der Waals surface area contributed by atoms with E-state index in [1.165, 1.54) is 0 Å². The predicted molar refractivity (Wildman–Crippen MR) is 110 cm³/mol. The Morgan fingerprint density at radius 2 is 1.46 bits per heavy atom. The number of esters is 1. The summed E-state index contributed by atoms with van der Waals surface area (Å²) in [5, 5.41) is -0.507. The predicted octanol–water partition coefficient (Wildman–Crippen LogP) is 4.21. The topological polar surface area (TPSA) is 89.5 Å².